The Morgan fingerprint density at radius 3 is 2.47 bits per heavy atom. The number of hydrogen-bond donors (Lipinski definition) is 1. The van der Waals surface area contributed by atoms with Crippen molar-refractivity contribution in [1.29, 1.82) is 0 Å². The summed E-state index contributed by atoms with van der Waals surface area (Å²) in [4.78, 5) is 13.8. The standard InChI is InChI=1S/C13H20N2O2/c1-15(2)9-8-14-10-13(16)11-4-6-12(17-3)7-5-11/h4-7,14H,8-10H2,1-3H3. The molecule has 17 heavy (non-hydrogen) atoms. The lowest BCUT2D eigenvalue weighted by Crippen LogP contribution is -2.30. The number of carbonyl (C=O) groups is 1. The maximum atomic E-state index is 11.8. The highest BCUT2D eigenvalue weighted by Crippen LogP contribution is 2.11. The molecule has 0 aliphatic rings. The van der Waals surface area contributed by atoms with Crippen LogP contribution in [-0.4, -0.2) is 51.5 Å². The number of carbonyl (C=O) groups excluding carboxylic acids is 1. The summed E-state index contributed by atoms with van der Waals surface area (Å²) in [6, 6.07) is 7.17. The van der Waals surface area contributed by atoms with Gasteiger partial charge in [-0.15, -0.1) is 0 Å². The molecule has 0 heterocycles. The van der Waals surface area contributed by atoms with Crippen molar-refractivity contribution in [3.8, 4) is 5.75 Å². The van der Waals surface area contributed by atoms with Gasteiger partial charge < -0.3 is 15.0 Å². The SMILES string of the molecule is COc1ccc(C(=O)CNCCN(C)C)cc1. The zero-order valence-electron chi connectivity index (χ0n) is 10.7. The molecule has 0 spiro atoms. The molecule has 0 unspecified atom stereocenters. The third kappa shape index (κ3) is 4.97. The summed E-state index contributed by atoms with van der Waals surface area (Å²) in [6.45, 7) is 2.12. The van der Waals surface area contributed by atoms with Crippen LogP contribution in [0.4, 0.5) is 0 Å². The van der Waals surface area contributed by atoms with Crippen LogP contribution in [0.5, 0.6) is 5.75 Å². The van der Waals surface area contributed by atoms with Gasteiger partial charge in [0.2, 0.25) is 0 Å². The molecule has 0 amide bonds. The van der Waals surface area contributed by atoms with Gasteiger partial charge in [0.15, 0.2) is 5.78 Å². The van der Waals surface area contributed by atoms with Gasteiger partial charge in [-0.2, -0.15) is 0 Å². The van der Waals surface area contributed by atoms with Crippen LogP contribution in [0.2, 0.25) is 0 Å². The molecule has 1 rings (SSSR count). The van der Waals surface area contributed by atoms with Gasteiger partial charge in [-0.3, -0.25) is 4.79 Å². The minimum atomic E-state index is 0.103. The van der Waals surface area contributed by atoms with Crippen molar-refractivity contribution in [1.82, 2.24) is 10.2 Å². The van der Waals surface area contributed by atoms with E-state index in [1.807, 2.05) is 14.1 Å². The largest absolute Gasteiger partial charge is 0.497 e. The fourth-order valence-corrected chi connectivity index (χ4v) is 1.38. The first-order chi connectivity index (χ1) is 8.13. The highest BCUT2D eigenvalue weighted by molar-refractivity contribution is 5.97. The summed E-state index contributed by atoms with van der Waals surface area (Å²) < 4.78 is 5.04. The van der Waals surface area contributed by atoms with Crippen molar-refractivity contribution in [2.45, 2.75) is 0 Å². The topological polar surface area (TPSA) is 41.6 Å². The van der Waals surface area contributed by atoms with Gasteiger partial charge in [0.1, 0.15) is 5.75 Å². The lowest BCUT2D eigenvalue weighted by molar-refractivity contribution is 0.0990. The number of ether oxygens (including phenoxy) is 1. The maximum absolute atomic E-state index is 11.8. The molecule has 0 fully saturated rings. The predicted molar refractivity (Wildman–Crippen MR) is 68.7 cm³/mol. The average molecular weight is 236 g/mol. The van der Waals surface area contributed by atoms with Crippen molar-refractivity contribution >= 4 is 5.78 Å². The van der Waals surface area contributed by atoms with E-state index in [0.717, 1.165) is 18.8 Å². The number of likely N-dealkylation sites (N-methyl/N-ethyl adjacent to an activating group) is 1. The molecule has 4 nitrogen and oxygen atoms in total. The van der Waals surface area contributed by atoms with Gasteiger partial charge in [0, 0.05) is 18.7 Å². The number of hydrogen-bond acceptors (Lipinski definition) is 4. The van der Waals surface area contributed by atoms with Gasteiger partial charge >= 0.3 is 0 Å². The minimum absolute atomic E-state index is 0.103. The van der Waals surface area contributed by atoms with Gasteiger partial charge in [-0.05, 0) is 38.4 Å². The number of Topliss-reactive ketones (excluding diaryl/α,β-unsaturated/α-hetero) is 1. The van der Waals surface area contributed by atoms with Crippen LogP contribution in [0.3, 0.4) is 0 Å². The highest BCUT2D eigenvalue weighted by Gasteiger charge is 2.04. The molecule has 0 aliphatic heterocycles. The first kappa shape index (κ1) is 13.7. The summed E-state index contributed by atoms with van der Waals surface area (Å²) in [5, 5.41) is 3.12. The number of rotatable bonds is 7. The van der Waals surface area contributed by atoms with E-state index in [1.165, 1.54) is 0 Å². The number of nitrogens with one attached hydrogen (secondary N) is 1. The van der Waals surface area contributed by atoms with Crippen molar-refractivity contribution in [2.75, 3.05) is 40.8 Å². The summed E-state index contributed by atoms with van der Waals surface area (Å²) in [5.41, 5.74) is 0.711. The fourth-order valence-electron chi connectivity index (χ4n) is 1.38. The van der Waals surface area contributed by atoms with E-state index < -0.39 is 0 Å². The summed E-state index contributed by atoms with van der Waals surface area (Å²) in [5.74, 6) is 0.869. The molecule has 4 heteroatoms. The summed E-state index contributed by atoms with van der Waals surface area (Å²) >= 11 is 0. The first-order valence-corrected chi connectivity index (χ1v) is 5.66. The van der Waals surface area contributed by atoms with E-state index in [9.17, 15) is 4.79 Å². The second kappa shape index (κ2) is 7.04. The predicted octanol–water partition coefficient (Wildman–Crippen LogP) is 1.03. The third-order valence-corrected chi connectivity index (χ3v) is 2.43. The molecule has 0 radical (unpaired) electrons. The number of methoxy groups -OCH3 is 1. The maximum Gasteiger partial charge on any atom is 0.176 e. The van der Waals surface area contributed by atoms with E-state index in [0.29, 0.717) is 12.1 Å². The summed E-state index contributed by atoms with van der Waals surface area (Å²) in [7, 11) is 5.62. The molecule has 0 saturated heterocycles. The number of ketones is 1. The highest BCUT2D eigenvalue weighted by atomic mass is 16.5. The second-order valence-corrected chi connectivity index (χ2v) is 4.13. The molecular formula is C13H20N2O2. The Hall–Kier alpha value is -1.39. The van der Waals surface area contributed by atoms with Crippen molar-refractivity contribution < 1.29 is 9.53 Å². The second-order valence-electron chi connectivity index (χ2n) is 4.13. The molecule has 0 aliphatic carbocycles. The number of nitrogens with zero attached hydrogens (tertiary/aromatic N) is 1. The molecule has 0 saturated carbocycles. The van der Waals surface area contributed by atoms with Crippen LogP contribution in [0, 0.1) is 0 Å². The third-order valence-electron chi connectivity index (χ3n) is 2.43. The minimum Gasteiger partial charge on any atom is -0.497 e. The van der Waals surface area contributed by atoms with Gasteiger partial charge in [0.25, 0.3) is 0 Å². The fraction of sp³-hybridized carbons (Fsp3) is 0.462. The molecule has 0 atom stereocenters. The Morgan fingerprint density at radius 2 is 1.94 bits per heavy atom. The Bertz CT molecular complexity index is 347. The molecule has 94 valence electrons. The van der Waals surface area contributed by atoms with Crippen LogP contribution in [0.1, 0.15) is 10.4 Å². The molecule has 0 aromatic heterocycles. The molecule has 1 aromatic carbocycles. The van der Waals surface area contributed by atoms with Crippen LogP contribution >= 0.6 is 0 Å². The van der Waals surface area contributed by atoms with Gasteiger partial charge in [-0.25, -0.2) is 0 Å². The van der Waals surface area contributed by atoms with Crippen molar-refractivity contribution in [3.63, 3.8) is 0 Å². The van der Waals surface area contributed by atoms with Crippen LogP contribution < -0.4 is 10.1 Å². The van der Waals surface area contributed by atoms with E-state index in [4.69, 9.17) is 4.74 Å². The smallest absolute Gasteiger partial charge is 0.176 e. The lowest BCUT2D eigenvalue weighted by atomic mass is 10.1. The zero-order chi connectivity index (χ0) is 12.7. The zero-order valence-corrected chi connectivity index (χ0v) is 10.7. The molecule has 1 aromatic rings. The Balaban J connectivity index is 2.36. The monoisotopic (exact) mass is 236 g/mol. The average Bonchev–Trinajstić information content (AvgIpc) is 2.34. The van der Waals surface area contributed by atoms with E-state index in [1.54, 1.807) is 31.4 Å². The Labute approximate surface area is 103 Å². The van der Waals surface area contributed by atoms with Gasteiger partial charge in [-0.1, -0.05) is 0 Å². The van der Waals surface area contributed by atoms with E-state index >= 15 is 0 Å². The van der Waals surface area contributed by atoms with Crippen molar-refractivity contribution in [3.05, 3.63) is 29.8 Å². The van der Waals surface area contributed by atoms with E-state index in [-0.39, 0.29) is 5.78 Å². The molecule has 1 N–H and O–H groups in total. The number of benzene rings is 1. The van der Waals surface area contributed by atoms with Crippen LogP contribution in [-0.2, 0) is 0 Å². The van der Waals surface area contributed by atoms with Crippen LogP contribution in [0.15, 0.2) is 24.3 Å². The van der Waals surface area contributed by atoms with E-state index in [2.05, 4.69) is 10.2 Å². The molecular weight excluding hydrogens is 216 g/mol. The normalized spacial score (nSPS) is 10.6. The quantitative estimate of drug-likeness (QED) is 0.567. The van der Waals surface area contributed by atoms with Gasteiger partial charge in [0.05, 0.1) is 13.7 Å². The lowest BCUT2D eigenvalue weighted by Gasteiger charge is -2.09. The first-order valence-electron chi connectivity index (χ1n) is 5.66. The summed E-state index contributed by atoms with van der Waals surface area (Å²) in [6.07, 6.45) is 0. The Morgan fingerprint density at radius 1 is 1.29 bits per heavy atom. The van der Waals surface area contributed by atoms with Crippen LogP contribution in [0.25, 0.3) is 0 Å². The molecule has 0 bridgehead atoms. The Kier molecular flexibility index (Phi) is 5.66. The van der Waals surface area contributed by atoms with Crippen molar-refractivity contribution in [2.24, 2.45) is 0 Å².